The summed E-state index contributed by atoms with van der Waals surface area (Å²) in [7, 11) is 0. The van der Waals surface area contributed by atoms with Gasteiger partial charge >= 0.3 is 6.03 Å². The highest BCUT2D eigenvalue weighted by Gasteiger charge is 2.06. The number of rotatable bonds is 5. The number of halogens is 1. The fraction of sp³-hybridized carbons (Fsp3) is 0.118. The van der Waals surface area contributed by atoms with Crippen molar-refractivity contribution in [1.29, 1.82) is 0 Å². The van der Waals surface area contributed by atoms with E-state index in [1.807, 2.05) is 17.5 Å². The van der Waals surface area contributed by atoms with Crippen molar-refractivity contribution in [3.63, 3.8) is 0 Å². The summed E-state index contributed by atoms with van der Waals surface area (Å²) in [5.41, 5.74) is 2.60. The number of hydrogen-bond donors (Lipinski definition) is 2. The molecule has 0 saturated carbocycles. The van der Waals surface area contributed by atoms with Gasteiger partial charge in [0.05, 0.1) is 10.7 Å². The molecule has 24 heavy (non-hydrogen) atoms. The zero-order chi connectivity index (χ0) is 16.8. The van der Waals surface area contributed by atoms with Crippen molar-refractivity contribution in [2.75, 3.05) is 11.9 Å². The summed E-state index contributed by atoms with van der Waals surface area (Å²) in [6.45, 7) is 0.513. The van der Waals surface area contributed by atoms with Crippen LogP contribution in [0.15, 0.2) is 54.2 Å². The molecule has 2 amide bonds. The van der Waals surface area contributed by atoms with E-state index in [0.717, 1.165) is 16.3 Å². The number of pyridine rings is 1. The van der Waals surface area contributed by atoms with Crippen LogP contribution in [0.2, 0.25) is 5.02 Å². The third-order valence-corrected chi connectivity index (χ3v) is 4.40. The maximum Gasteiger partial charge on any atom is 0.319 e. The maximum atomic E-state index is 11.8. The molecule has 0 aliphatic rings. The van der Waals surface area contributed by atoms with Crippen molar-refractivity contribution in [3.05, 3.63) is 64.2 Å². The number of carbonyl (C=O) groups is 1. The molecule has 122 valence electrons. The summed E-state index contributed by atoms with van der Waals surface area (Å²) in [5.74, 6) is 0. The van der Waals surface area contributed by atoms with Crippen molar-refractivity contribution in [2.24, 2.45) is 0 Å². The molecule has 0 fully saturated rings. The largest absolute Gasteiger partial charge is 0.337 e. The minimum absolute atomic E-state index is 0.249. The first-order chi connectivity index (χ1) is 11.7. The molecular formula is C17H15ClN4OS. The van der Waals surface area contributed by atoms with Crippen LogP contribution in [-0.2, 0) is 6.42 Å². The highest BCUT2D eigenvalue weighted by molar-refractivity contribution is 7.09. The van der Waals surface area contributed by atoms with Gasteiger partial charge in [-0.25, -0.2) is 9.78 Å². The van der Waals surface area contributed by atoms with E-state index >= 15 is 0 Å². The van der Waals surface area contributed by atoms with Gasteiger partial charge in [0.1, 0.15) is 0 Å². The van der Waals surface area contributed by atoms with Gasteiger partial charge < -0.3 is 10.6 Å². The molecule has 0 saturated heterocycles. The van der Waals surface area contributed by atoms with Gasteiger partial charge in [0.25, 0.3) is 0 Å². The standard InChI is InChI=1S/C17H15ClN4OS/c18-13-3-5-14(6-4-13)21-17(23)20-9-7-16-22-15(11-24-16)12-2-1-8-19-10-12/h1-6,8,10-11H,7,9H2,(H2,20,21,23). The van der Waals surface area contributed by atoms with E-state index in [1.54, 1.807) is 48.0 Å². The number of anilines is 1. The summed E-state index contributed by atoms with van der Waals surface area (Å²) in [6.07, 6.45) is 4.20. The summed E-state index contributed by atoms with van der Waals surface area (Å²) >= 11 is 7.38. The van der Waals surface area contributed by atoms with Gasteiger partial charge in [0, 0.05) is 47.0 Å². The minimum atomic E-state index is -0.249. The number of hydrogen-bond acceptors (Lipinski definition) is 4. The Morgan fingerprint density at radius 1 is 1.21 bits per heavy atom. The van der Waals surface area contributed by atoms with Gasteiger partial charge in [0.15, 0.2) is 0 Å². The van der Waals surface area contributed by atoms with Crippen molar-refractivity contribution in [2.45, 2.75) is 6.42 Å². The quantitative estimate of drug-likeness (QED) is 0.717. The predicted molar refractivity (Wildman–Crippen MR) is 97.5 cm³/mol. The van der Waals surface area contributed by atoms with Gasteiger partial charge in [-0.3, -0.25) is 4.98 Å². The summed E-state index contributed by atoms with van der Waals surface area (Å²) in [5, 5.41) is 9.17. The first-order valence-electron chi connectivity index (χ1n) is 7.36. The van der Waals surface area contributed by atoms with Crippen LogP contribution in [0.25, 0.3) is 11.3 Å². The number of carbonyl (C=O) groups excluding carboxylic acids is 1. The van der Waals surface area contributed by atoms with Crippen molar-refractivity contribution in [1.82, 2.24) is 15.3 Å². The molecule has 0 unspecified atom stereocenters. The molecule has 2 aromatic heterocycles. The highest BCUT2D eigenvalue weighted by atomic mass is 35.5. The SMILES string of the molecule is O=C(NCCc1nc(-c2cccnc2)cs1)Nc1ccc(Cl)cc1. The number of urea groups is 1. The Hall–Kier alpha value is -2.44. The Balaban J connectivity index is 1.47. The second-order valence-electron chi connectivity index (χ2n) is 5.01. The highest BCUT2D eigenvalue weighted by Crippen LogP contribution is 2.20. The maximum absolute atomic E-state index is 11.8. The number of aromatic nitrogens is 2. The molecule has 2 N–H and O–H groups in total. The Kier molecular flexibility index (Phi) is 5.40. The lowest BCUT2D eigenvalue weighted by atomic mass is 10.2. The Morgan fingerprint density at radius 2 is 2.04 bits per heavy atom. The van der Waals surface area contributed by atoms with Crippen molar-refractivity contribution >= 4 is 34.7 Å². The van der Waals surface area contributed by atoms with Gasteiger partial charge in [-0.1, -0.05) is 11.6 Å². The summed E-state index contributed by atoms with van der Waals surface area (Å²) < 4.78 is 0. The van der Waals surface area contributed by atoms with E-state index < -0.39 is 0 Å². The van der Waals surface area contributed by atoms with Crippen molar-refractivity contribution in [3.8, 4) is 11.3 Å². The molecule has 7 heteroatoms. The third kappa shape index (κ3) is 4.53. The van der Waals surface area contributed by atoms with Gasteiger partial charge in [-0.2, -0.15) is 0 Å². The fourth-order valence-electron chi connectivity index (χ4n) is 2.06. The van der Waals surface area contributed by atoms with E-state index in [9.17, 15) is 4.79 Å². The fourth-order valence-corrected chi connectivity index (χ4v) is 3.00. The predicted octanol–water partition coefficient (Wildman–Crippen LogP) is 4.22. The molecule has 0 aliphatic heterocycles. The molecule has 1 aromatic carbocycles. The zero-order valence-corrected chi connectivity index (χ0v) is 14.3. The average Bonchev–Trinajstić information content (AvgIpc) is 3.07. The lowest BCUT2D eigenvalue weighted by molar-refractivity contribution is 0.252. The van der Waals surface area contributed by atoms with Crippen LogP contribution in [0.3, 0.4) is 0 Å². The monoisotopic (exact) mass is 358 g/mol. The van der Waals surface area contributed by atoms with E-state index in [2.05, 4.69) is 20.6 Å². The first-order valence-corrected chi connectivity index (χ1v) is 8.62. The van der Waals surface area contributed by atoms with Crippen LogP contribution in [0.1, 0.15) is 5.01 Å². The first kappa shape index (κ1) is 16.4. The smallest absolute Gasteiger partial charge is 0.319 e. The van der Waals surface area contributed by atoms with Crippen LogP contribution in [0.4, 0.5) is 10.5 Å². The molecule has 0 radical (unpaired) electrons. The number of nitrogens with one attached hydrogen (secondary N) is 2. The molecule has 0 atom stereocenters. The van der Waals surface area contributed by atoms with E-state index in [0.29, 0.717) is 23.7 Å². The van der Waals surface area contributed by atoms with Crippen LogP contribution < -0.4 is 10.6 Å². The van der Waals surface area contributed by atoms with E-state index in [-0.39, 0.29) is 6.03 Å². The van der Waals surface area contributed by atoms with Gasteiger partial charge in [0.2, 0.25) is 0 Å². The Morgan fingerprint density at radius 3 is 2.79 bits per heavy atom. The number of benzene rings is 1. The topological polar surface area (TPSA) is 66.9 Å². The molecule has 3 rings (SSSR count). The normalized spacial score (nSPS) is 10.4. The van der Waals surface area contributed by atoms with E-state index in [4.69, 9.17) is 11.6 Å². The molecule has 3 aromatic rings. The second-order valence-corrected chi connectivity index (χ2v) is 6.39. The lowest BCUT2D eigenvalue weighted by Crippen LogP contribution is -2.30. The van der Waals surface area contributed by atoms with Gasteiger partial charge in [-0.05, 0) is 36.4 Å². The van der Waals surface area contributed by atoms with Crippen LogP contribution in [0.5, 0.6) is 0 Å². The Bertz CT molecular complexity index is 805. The molecule has 0 aliphatic carbocycles. The van der Waals surface area contributed by atoms with Crippen LogP contribution >= 0.6 is 22.9 Å². The number of thiazole rings is 1. The zero-order valence-electron chi connectivity index (χ0n) is 12.7. The molecule has 0 spiro atoms. The molecule has 2 heterocycles. The molecule has 0 bridgehead atoms. The van der Waals surface area contributed by atoms with E-state index in [1.165, 1.54) is 0 Å². The summed E-state index contributed by atoms with van der Waals surface area (Å²) in [6, 6.07) is 10.6. The minimum Gasteiger partial charge on any atom is -0.337 e. The van der Waals surface area contributed by atoms with Crippen LogP contribution in [0, 0.1) is 0 Å². The number of amides is 2. The Labute approximate surface area is 148 Å². The third-order valence-electron chi connectivity index (χ3n) is 3.24. The number of nitrogens with zero attached hydrogens (tertiary/aromatic N) is 2. The lowest BCUT2D eigenvalue weighted by Gasteiger charge is -2.06. The summed E-state index contributed by atoms with van der Waals surface area (Å²) in [4.78, 5) is 20.5. The molecule has 5 nitrogen and oxygen atoms in total. The molecular weight excluding hydrogens is 344 g/mol. The van der Waals surface area contributed by atoms with Crippen LogP contribution in [-0.4, -0.2) is 22.5 Å². The second kappa shape index (κ2) is 7.90. The average molecular weight is 359 g/mol. The van der Waals surface area contributed by atoms with Crippen molar-refractivity contribution < 1.29 is 4.79 Å². The van der Waals surface area contributed by atoms with Gasteiger partial charge in [-0.15, -0.1) is 11.3 Å².